The molecule has 106 valence electrons. The summed E-state index contributed by atoms with van der Waals surface area (Å²) in [6, 6.07) is 8.19. The van der Waals surface area contributed by atoms with Crippen LogP contribution in [-0.2, 0) is 17.6 Å². The lowest BCUT2D eigenvalue weighted by Gasteiger charge is -2.13. The van der Waals surface area contributed by atoms with E-state index in [0.29, 0.717) is 5.13 Å². The first-order chi connectivity index (χ1) is 9.52. The summed E-state index contributed by atoms with van der Waals surface area (Å²) in [6.07, 6.45) is 1.08. The van der Waals surface area contributed by atoms with Gasteiger partial charge in [-0.05, 0) is 31.0 Å². The molecule has 0 saturated heterocycles. The zero-order chi connectivity index (χ0) is 14.5. The van der Waals surface area contributed by atoms with Gasteiger partial charge in [0.15, 0.2) is 5.13 Å². The number of nitrogen functional groups attached to an aromatic ring is 1. The molecule has 2 aromatic rings. The van der Waals surface area contributed by atoms with Crippen molar-refractivity contribution in [2.75, 3.05) is 5.73 Å². The van der Waals surface area contributed by atoms with E-state index in [9.17, 15) is 4.79 Å². The number of hydrogen-bond donors (Lipinski definition) is 2. The Bertz CT molecular complexity index is 582. The first kappa shape index (κ1) is 15.0. The predicted octanol–water partition coefficient (Wildman–Crippen LogP) is 2.78. The molecule has 1 heterocycles. The zero-order valence-corrected chi connectivity index (χ0v) is 13.5. The Kier molecular flexibility index (Phi) is 5.14. The zero-order valence-electron chi connectivity index (χ0n) is 11.1. The highest BCUT2D eigenvalue weighted by Gasteiger charge is 2.10. The lowest BCUT2D eigenvalue weighted by molar-refractivity contribution is -0.121. The number of thiazole rings is 1. The van der Waals surface area contributed by atoms with E-state index in [1.54, 1.807) is 0 Å². The van der Waals surface area contributed by atoms with Crippen LogP contribution in [-0.4, -0.2) is 16.9 Å². The molecule has 0 saturated carbocycles. The van der Waals surface area contributed by atoms with Gasteiger partial charge in [0.05, 0.1) is 12.1 Å². The second-order valence-electron chi connectivity index (χ2n) is 4.65. The van der Waals surface area contributed by atoms with Gasteiger partial charge in [0.1, 0.15) is 0 Å². The molecule has 1 unspecified atom stereocenters. The maximum Gasteiger partial charge on any atom is 0.226 e. The molecule has 1 aromatic carbocycles. The standard InChI is InChI=1S/C14H16BrN3OS/c1-9(6-10-2-4-11(15)5-3-10)17-13(19)7-12-8-20-14(16)18-12/h2-5,8-9H,6-7H2,1H3,(H2,16,18)(H,17,19). The van der Waals surface area contributed by atoms with Crippen LogP contribution in [0, 0.1) is 0 Å². The summed E-state index contributed by atoms with van der Waals surface area (Å²) >= 11 is 4.76. The Morgan fingerprint density at radius 1 is 1.45 bits per heavy atom. The third-order valence-corrected chi connectivity index (χ3v) is 4.03. The maximum atomic E-state index is 11.9. The molecule has 2 rings (SSSR count). The van der Waals surface area contributed by atoms with Gasteiger partial charge in [-0.15, -0.1) is 11.3 Å². The third-order valence-electron chi connectivity index (χ3n) is 2.77. The summed E-state index contributed by atoms with van der Waals surface area (Å²) in [7, 11) is 0. The van der Waals surface area contributed by atoms with Gasteiger partial charge in [-0.25, -0.2) is 4.98 Å². The van der Waals surface area contributed by atoms with Gasteiger partial charge in [-0.3, -0.25) is 4.79 Å². The Morgan fingerprint density at radius 3 is 2.75 bits per heavy atom. The van der Waals surface area contributed by atoms with E-state index in [1.165, 1.54) is 16.9 Å². The quantitative estimate of drug-likeness (QED) is 0.868. The molecule has 3 N–H and O–H groups in total. The number of halogens is 1. The fraction of sp³-hybridized carbons (Fsp3) is 0.286. The normalized spacial score (nSPS) is 12.1. The number of hydrogen-bond acceptors (Lipinski definition) is 4. The van der Waals surface area contributed by atoms with Gasteiger partial charge in [-0.1, -0.05) is 28.1 Å². The van der Waals surface area contributed by atoms with Crippen molar-refractivity contribution in [1.82, 2.24) is 10.3 Å². The SMILES string of the molecule is CC(Cc1ccc(Br)cc1)NC(=O)Cc1csc(N)n1. The molecule has 0 bridgehead atoms. The molecule has 1 aromatic heterocycles. The summed E-state index contributed by atoms with van der Waals surface area (Å²) in [6.45, 7) is 2.00. The van der Waals surface area contributed by atoms with Crippen molar-refractivity contribution in [3.8, 4) is 0 Å². The van der Waals surface area contributed by atoms with E-state index in [4.69, 9.17) is 5.73 Å². The molecule has 0 aliphatic heterocycles. The molecule has 0 radical (unpaired) electrons. The molecule has 0 fully saturated rings. The van der Waals surface area contributed by atoms with E-state index in [-0.39, 0.29) is 18.4 Å². The fourth-order valence-corrected chi connectivity index (χ4v) is 2.75. The molecule has 1 atom stereocenters. The molecule has 1 amide bonds. The fourth-order valence-electron chi connectivity index (χ4n) is 1.92. The molecule has 0 aliphatic carbocycles. The van der Waals surface area contributed by atoms with Crippen LogP contribution in [0.15, 0.2) is 34.1 Å². The van der Waals surface area contributed by atoms with Crippen LogP contribution in [0.5, 0.6) is 0 Å². The summed E-state index contributed by atoms with van der Waals surface area (Å²) in [4.78, 5) is 16.0. The molecule has 0 spiro atoms. The van der Waals surface area contributed by atoms with E-state index >= 15 is 0 Å². The topological polar surface area (TPSA) is 68.0 Å². The Labute approximate surface area is 130 Å². The summed E-state index contributed by atoms with van der Waals surface area (Å²) in [5.74, 6) is -0.0279. The minimum Gasteiger partial charge on any atom is -0.375 e. The lowest BCUT2D eigenvalue weighted by atomic mass is 10.1. The van der Waals surface area contributed by atoms with Crippen LogP contribution in [0.4, 0.5) is 5.13 Å². The number of nitrogens with two attached hydrogens (primary N) is 1. The Hall–Kier alpha value is -1.40. The van der Waals surface area contributed by atoms with Crippen molar-refractivity contribution in [2.24, 2.45) is 0 Å². The number of amides is 1. The smallest absolute Gasteiger partial charge is 0.226 e. The van der Waals surface area contributed by atoms with Crippen LogP contribution in [0.25, 0.3) is 0 Å². The van der Waals surface area contributed by atoms with E-state index in [0.717, 1.165) is 16.6 Å². The van der Waals surface area contributed by atoms with Crippen molar-refractivity contribution in [2.45, 2.75) is 25.8 Å². The summed E-state index contributed by atoms with van der Waals surface area (Å²) in [5, 5.41) is 5.28. The van der Waals surface area contributed by atoms with Gasteiger partial charge < -0.3 is 11.1 Å². The molecule has 4 nitrogen and oxygen atoms in total. The highest BCUT2D eigenvalue weighted by Crippen LogP contribution is 2.13. The van der Waals surface area contributed by atoms with Gasteiger partial charge in [0.25, 0.3) is 0 Å². The van der Waals surface area contributed by atoms with E-state index in [1.807, 2.05) is 36.6 Å². The lowest BCUT2D eigenvalue weighted by Crippen LogP contribution is -2.35. The van der Waals surface area contributed by atoms with Crippen molar-refractivity contribution in [3.63, 3.8) is 0 Å². The first-order valence-corrected chi connectivity index (χ1v) is 7.94. The molecule has 20 heavy (non-hydrogen) atoms. The van der Waals surface area contributed by atoms with Crippen molar-refractivity contribution < 1.29 is 4.79 Å². The number of nitrogens with zero attached hydrogens (tertiary/aromatic N) is 1. The third kappa shape index (κ3) is 4.61. The molecule has 0 aliphatic rings. The second-order valence-corrected chi connectivity index (χ2v) is 6.46. The van der Waals surface area contributed by atoms with Crippen molar-refractivity contribution in [1.29, 1.82) is 0 Å². The number of carbonyl (C=O) groups excluding carboxylic acids is 1. The van der Waals surface area contributed by atoms with E-state index in [2.05, 4.69) is 26.2 Å². The number of carbonyl (C=O) groups is 1. The van der Waals surface area contributed by atoms with Crippen LogP contribution in [0.2, 0.25) is 0 Å². The molecule has 6 heteroatoms. The minimum absolute atomic E-state index is 0.0279. The maximum absolute atomic E-state index is 11.9. The Morgan fingerprint density at radius 2 is 2.15 bits per heavy atom. The average molecular weight is 354 g/mol. The van der Waals surface area contributed by atoms with Crippen molar-refractivity contribution in [3.05, 3.63) is 45.4 Å². The van der Waals surface area contributed by atoms with Crippen LogP contribution in [0.3, 0.4) is 0 Å². The minimum atomic E-state index is -0.0279. The predicted molar refractivity (Wildman–Crippen MR) is 85.7 cm³/mol. The van der Waals surface area contributed by atoms with Gasteiger partial charge in [0, 0.05) is 15.9 Å². The van der Waals surface area contributed by atoms with Gasteiger partial charge in [0.2, 0.25) is 5.91 Å². The monoisotopic (exact) mass is 353 g/mol. The molecular formula is C14H16BrN3OS. The van der Waals surface area contributed by atoms with Gasteiger partial charge in [-0.2, -0.15) is 0 Å². The number of nitrogens with one attached hydrogen (secondary N) is 1. The largest absolute Gasteiger partial charge is 0.375 e. The average Bonchev–Trinajstić information content (AvgIpc) is 2.77. The highest BCUT2D eigenvalue weighted by atomic mass is 79.9. The molecular weight excluding hydrogens is 338 g/mol. The number of benzene rings is 1. The highest BCUT2D eigenvalue weighted by molar-refractivity contribution is 9.10. The van der Waals surface area contributed by atoms with Crippen molar-refractivity contribution >= 4 is 38.3 Å². The second kappa shape index (κ2) is 6.85. The van der Waals surface area contributed by atoms with E-state index < -0.39 is 0 Å². The summed E-state index contributed by atoms with van der Waals surface area (Å²) in [5.41, 5.74) is 7.46. The Balaban J connectivity index is 1.83. The first-order valence-electron chi connectivity index (χ1n) is 6.26. The van der Waals surface area contributed by atoms with Crippen LogP contribution >= 0.6 is 27.3 Å². The summed E-state index contributed by atoms with van der Waals surface area (Å²) < 4.78 is 1.05. The number of aromatic nitrogens is 1. The number of anilines is 1. The van der Waals surface area contributed by atoms with Gasteiger partial charge >= 0.3 is 0 Å². The number of rotatable bonds is 5. The van der Waals surface area contributed by atoms with Crippen LogP contribution in [0.1, 0.15) is 18.2 Å². The van der Waals surface area contributed by atoms with Crippen LogP contribution < -0.4 is 11.1 Å².